The zero-order chi connectivity index (χ0) is 20.6. The first-order valence-electron chi connectivity index (χ1n) is 7.57. The second kappa shape index (κ2) is 7.00. The lowest BCUT2D eigenvalue weighted by Crippen LogP contribution is -2.40. The molecule has 2 rings (SSSR count). The summed E-state index contributed by atoms with van der Waals surface area (Å²) in [6.07, 6.45) is 2.55. The molecule has 1 heterocycles. The highest BCUT2D eigenvalue weighted by atomic mass is 32.2. The molecule has 0 aliphatic heterocycles. The molecule has 0 fully saturated rings. The maximum atomic E-state index is 12.8. The van der Waals surface area contributed by atoms with Gasteiger partial charge in [-0.3, -0.25) is 4.68 Å². The van der Waals surface area contributed by atoms with Crippen LogP contribution in [0.2, 0.25) is 19.6 Å². The summed E-state index contributed by atoms with van der Waals surface area (Å²) in [6.45, 7) is 5.34. The van der Waals surface area contributed by atoms with Crippen LogP contribution in [-0.2, 0) is 17.2 Å². The molecular formula is C15H17F3N2O5SSi. The molecule has 0 aliphatic rings. The van der Waals surface area contributed by atoms with Gasteiger partial charge >= 0.3 is 21.6 Å². The van der Waals surface area contributed by atoms with Crippen molar-refractivity contribution < 1.29 is 35.3 Å². The second-order valence-corrected chi connectivity index (χ2v) is 13.2. The molecule has 2 aromatic rings. The van der Waals surface area contributed by atoms with Crippen LogP contribution in [0.3, 0.4) is 0 Å². The molecule has 0 bridgehead atoms. The van der Waals surface area contributed by atoms with Crippen molar-refractivity contribution in [3.63, 3.8) is 0 Å². The van der Waals surface area contributed by atoms with Crippen LogP contribution in [0.15, 0.2) is 30.6 Å². The minimum atomic E-state index is -5.94. The monoisotopic (exact) mass is 422 g/mol. The van der Waals surface area contributed by atoms with E-state index in [2.05, 4.69) is 9.28 Å². The number of benzene rings is 1. The lowest BCUT2D eigenvalue weighted by molar-refractivity contribution is -0.0500. The van der Waals surface area contributed by atoms with Crippen LogP contribution < -0.4 is 14.1 Å². The minimum absolute atomic E-state index is 0.0422. The number of aromatic nitrogens is 2. The van der Waals surface area contributed by atoms with Gasteiger partial charge in [-0.1, -0.05) is 31.8 Å². The van der Waals surface area contributed by atoms with Gasteiger partial charge in [0.15, 0.2) is 11.5 Å². The van der Waals surface area contributed by atoms with Gasteiger partial charge in [-0.2, -0.15) is 26.7 Å². The third-order valence-corrected chi connectivity index (χ3v) is 6.37. The fraction of sp³-hybridized carbons (Fsp3) is 0.333. The van der Waals surface area contributed by atoms with Gasteiger partial charge in [0.05, 0.1) is 19.8 Å². The SMILES string of the molecule is Cn1cc(C(=O)Oc2cccc([Si](C)(C)C)c2OS(=O)(=O)C(F)(F)F)cn1. The van der Waals surface area contributed by atoms with Crippen LogP contribution in [0.4, 0.5) is 13.2 Å². The van der Waals surface area contributed by atoms with Gasteiger partial charge in [-0.25, -0.2) is 4.79 Å². The fourth-order valence-corrected chi connectivity index (χ4v) is 4.13. The van der Waals surface area contributed by atoms with Crippen LogP contribution in [0.5, 0.6) is 11.5 Å². The summed E-state index contributed by atoms with van der Waals surface area (Å²) >= 11 is 0. The Kier molecular flexibility index (Phi) is 5.43. The number of nitrogens with zero attached hydrogens (tertiary/aromatic N) is 2. The van der Waals surface area contributed by atoms with Crippen LogP contribution in [-0.4, -0.2) is 37.7 Å². The summed E-state index contributed by atoms with van der Waals surface area (Å²) < 4.78 is 72.2. The minimum Gasteiger partial charge on any atom is -0.419 e. The molecule has 148 valence electrons. The van der Waals surface area contributed by atoms with Crippen molar-refractivity contribution in [1.82, 2.24) is 9.78 Å². The Balaban J connectivity index is 2.53. The number of alkyl halides is 3. The lowest BCUT2D eigenvalue weighted by atomic mass is 10.3. The first kappa shape index (κ1) is 21.0. The van der Waals surface area contributed by atoms with Crippen molar-refractivity contribution >= 4 is 29.3 Å². The predicted molar refractivity (Wildman–Crippen MR) is 93.2 cm³/mol. The highest BCUT2D eigenvalue weighted by molar-refractivity contribution is 7.88. The fourth-order valence-electron chi connectivity index (χ4n) is 2.12. The summed E-state index contributed by atoms with van der Waals surface area (Å²) in [4.78, 5) is 12.2. The van der Waals surface area contributed by atoms with E-state index in [9.17, 15) is 26.4 Å². The van der Waals surface area contributed by atoms with E-state index in [0.29, 0.717) is 0 Å². The maximum Gasteiger partial charge on any atom is 0.534 e. The molecule has 1 aromatic heterocycles. The third kappa shape index (κ3) is 4.69. The van der Waals surface area contributed by atoms with E-state index in [1.54, 1.807) is 26.7 Å². The van der Waals surface area contributed by atoms with Gasteiger partial charge in [-0.05, 0) is 11.3 Å². The van der Waals surface area contributed by atoms with E-state index < -0.39 is 41.2 Å². The van der Waals surface area contributed by atoms with Gasteiger partial charge in [0, 0.05) is 13.2 Å². The third-order valence-electron chi connectivity index (χ3n) is 3.41. The molecule has 0 unspecified atom stereocenters. The largest absolute Gasteiger partial charge is 0.534 e. The number of carbonyl (C=O) groups excluding carboxylic acids is 1. The zero-order valence-electron chi connectivity index (χ0n) is 14.9. The quantitative estimate of drug-likeness (QED) is 0.242. The number of halogens is 3. The number of aryl methyl sites for hydroxylation is 1. The molecule has 27 heavy (non-hydrogen) atoms. The normalized spacial score (nSPS) is 12.7. The molecule has 0 spiro atoms. The average molecular weight is 422 g/mol. The number of ether oxygens (including phenoxy) is 1. The van der Waals surface area contributed by atoms with Gasteiger partial charge in [0.25, 0.3) is 0 Å². The topological polar surface area (TPSA) is 87.5 Å². The van der Waals surface area contributed by atoms with Crippen LogP contribution in [0, 0.1) is 0 Å². The lowest BCUT2D eigenvalue weighted by Gasteiger charge is -2.22. The van der Waals surface area contributed by atoms with Crippen molar-refractivity contribution in [2.45, 2.75) is 25.1 Å². The Bertz CT molecular complexity index is 965. The summed E-state index contributed by atoms with van der Waals surface area (Å²) in [5.41, 5.74) is -5.58. The molecule has 0 radical (unpaired) electrons. The summed E-state index contributed by atoms with van der Waals surface area (Å²) in [5, 5.41) is 4.05. The predicted octanol–water partition coefficient (Wildman–Crippen LogP) is 2.41. The Morgan fingerprint density at radius 3 is 2.33 bits per heavy atom. The van der Waals surface area contributed by atoms with E-state index in [1.165, 1.54) is 35.3 Å². The van der Waals surface area contributed by atoms with Gasteiger partial charge in [-0.15, -0.1) is 0 Å². The molecule has 0 aliphatic carbocycles. The zero-order valence-corrected chi connectivity index (χ0v) is 16.7. The molecule has 0 saturated carbocycles. The van der Waals surface area contributed by atoms with Crippen LogP contribution in [0.25, 0.3) is 0 Å². The molecule has 0 atom stereocenters. The molecular weight excluding hydrogens is 405 g/mol. The first-order chi connectivity index (χ1) is 12.2. The summed E-state index contributed by atoms with van der Waals surface area (Å²) in [7, 11) is -6.73. The average Bonchev–Trinajstić information content (AvgIpc) is 2.93. The Morgan fingerprint density at radius 1 is 1.22 bits per heavy atom. The van der Waals surface area contributed by atoms with E-state index in [1.807, 2.05) is 0 Å². The summed E-state index contributed by atoms with van der Waals surface area (Å²) in [6, 6.07) is 4.07. The Labute approximate surface area is 154 Å². The summed E-state index contributed by atoms with van der Waals surface area (Å²) in [5.74, 6) is -1.96. The van der Waals surface area contributed by atoms with Crippen molar-refractivity contribution in [1.29, 1.82) is 0 Å². The van der Waals surface area contributed by atoms with E-state index in [-0.39, 0.29) is 10.8 Å². The number of hydrogen-bond donors (Lipinski definition) is 0. The molecule has 0 N–H and O–H groups in total. The number of esters is 1. The maximum absolute atomic E-state index is 12.8. The smallest absolute Gasteiger partial charge is 0.419 e. The molecule has 0 saturated heterocycles. The highest BCUT2D eigenvalue weighted by Gasteiger charge is 2.49. The van der Waals surface area contributed by atoms with Gasteiger partial charge in [0.1, 0.15) is 0 Å². The van der Waals surface area contributed by atoms with Gasteiger partial charge < -0.3 is 8.92 Å². The second-order valence-electron chi connectivity index (χ2n) is 6.66. The molecule has 1 aromatic carbocycles. The molecule has 12 heteroatoms. The Morgan fingerprint density at radius 2 is 1.85 bits per heavy atom. The Hall–Kier alpha value is -2.34. The number of para-hydroxylation sites is 1. The highest BCUT2D eigenvalue weighted by Crippen LogP contribution is 2.33. The van der Waals surface area contributed by atoms with Crippen molar-refractivity contribution in [3.8, 4) is 11.5 Å². The van der Waals surface area contributed by atoms with Gasteiger partial charge in [0.2, 0.25) is 0 Å². The number of rotatable bonds is 5. The van der Waals surface area contributed by atoms with E-state index in [0.717, 1.165) is 0 Å². The number of carbonyl (C=O) groups is 1. The molecule has 7 nitrogen and oxygen atoms in total. The van der Waals surface area contributed by atoms with E-state index >= 15 is 0 Å². The van der Waals surface area contributed by atoms with Crippen molar-refractivity contribution in [2.24, 2.45) is 7.05 Å². The standard InChI is InChI=1S/C15H17F3N2O5SSi/c1-20-9-10(8-19-20)14(21)24-11-6-5-7-12(27(2,3)4)13(11)25-26(22,23)15(16,17)18/h5-9H,1-4H3. The van der Waals surface area contributed by atoms with Crippen molar-refractivity contribution in [2.75, 3.05) is 0 Å². The van der Waals surface area contributed by atoms with E-state index in [4.69, 9.17) is 4.74 Å². The van der Waals surface area contributed by atoms with Crippen molar-refractivity contribution in [3.05, 3.63) is 36.2 Å². The number of hydrogen-bond acceptors (Lipinski definition) is 6. The molecule has 0 amide bonds. The van der Waals surface area contributed by atoms with Crippen LogP contribution in [0.1, 0.15) is 10.4 Å². The van der Waals surface area contributed by atoms with Crippen LogP contribution >= 0.6 is 0 Å². The first-order valence-corrected chi connectivity index (χ1v) is 12.5.